The Labute approximate surface area is 183 Å². The van der Waals surface area contributed by atoms with Crippen LogP contribution in [0.3, 0.4) is 0 Å². The normalized spacial score (nSPS) is 11.7. The van der Waals surface area contributed by atoms with Gasteiger partial charge in [-0.2, -0.15) is 5.26 Å². The number of hydrogen-bond donors (Lipinski definition) is 3. The molecule has 0 bridgehead atoms. The molecule has 31 heavy (non-hydrogen) atoms. The molecule has 1 aromatic rings. The largest absolute Gasteiger partial charge is 0.508 e. The first-order chi connectivity index (χ1) is 14.5. The summed E-state index contributed by atoms with van der Waals surface area (Å²) in [4.78, 5) is 38.9. The Bertz CT molecular complexity index is 826. The third kappa shape index (κ3) is 8.54. The number of aryl methyl sites for hydroxylation is 1. The van der Waals surface area contributed by atoms with Crippen molar-refractivity contribution in [1.82, 2.24) is 15.5 Å². The van der Waals surface area contributed by atoms with Crippen molar-refractivity contribution >= 4 is 17.9 Å². The fourth-order valence-corrected chi connectivity index (χ4v) is 2.77. The maximum absolute atomic E-state index is 13.0. The number of alkyl carbamates (subject to hydrolysis) is 1. The number of benzene rings is 1. The van der Waals surface area contributed by atoms with Crippen molar-refractivity contribution < 1.29 is 24.2 Å². The molecule has 0 heterocycles. The van der Waals surface area contributed by atoms with Crippen molar-refractivity contribution in [2.24, 2.45) is 0 Å². The average Bonchev–Trinajstić information content (AvgIpc) is 2.67. The third-order valence-corrected chi connectivity index (χ3v) is 4.27. The molecule has 0 saturated heterocycles. The molecule has 3 amide bonds. The number of nitriles is 1. The van der Waals surface area contributed by atoms with Crippen molar-refractivity contribution in [2.75, 3.05) is 19.6 Å². The molecule has 0 aromatic heterocycles. The zero-order valence-electron chi connectivity index (χ0n) is 18.8. The number of rotatable bonds is 9. The summed E-state index contributed by atoms with van der Waals surface area (Å²) in [6, 6.07) is 5.38. The van der Waals surface area contributed by atoms with Crippen LogP contribution in [0.1, 0.15) is 57.7 Å². The van der Waals surface area contributed by atoms with Crippen LogP contribution in [0.2, 0.25) is 0 Å². The van der Waals surface area contributed by atoms with Gasteiger partial charge in [-0.1, -0.05) is 19.4 Å². The summed E-state index contributed by atoms with van der Waals surface area (Å²) in [7, 11) is 0. The van der Waals surface area contributed by atoms with E-state index in [9.17, 15) is 24.8 Å². The number of phenolic OH excluding ortho intramolecular Hbond substituents is 1. The predicted octanol–water partition coefficient (Wildman–Crippen LogP) is 2.53. The number of amides is 3. The van der Waals surface area contributed by atoms with E-state index in [2.05, 4.69) is 10.6 Å². The fourth-order valence-electron chi connectivity index (χ4n) is 2.77. The Balaban J connectivity index is 3.14. The Morgan fingerprint density at radius 2 is 1.94 bits per heavy atom. The highest BCUT2D eigenvalue weighted by Gasteiger charge is 2.32. The van der Waals surface area contributed by atoms with Crippen molar-refractivity contribution in [3.05, 3.63) is 29.3 Å². The van der Waals surface area contributed by atoms with E-state index >= 15 is 0 Å². The quantitative estimate of drug-likeness (QED) is 0.406. The standard InChI is InChI=1S/C22H32N4O5/c1-6-7-11-24-20(29)19(16-8-9-17(27)15(2)13-16)26(12-10-23)18(28)14-25-21(30)31-22(3,4)5/h8-9,13,19,27H,6-7,11-12,14H2,1-5H3,(H,24,29)(H,25,30). The van der Waals surface area contributed by atoms with E-state index in [1.807, 2.05) is 13.0 Å². The summed E-state index contributed by atoms with van der Waals surface area (Å²) in [6.45, 7) is 8.37. The monoisotopic (exact) mass is 432 g/mol. The van der Waals surface area contributed by atoms with Gasteiger partial charge in [0.1, 0.15) is 30.5 Å². The molecule has 0 fully saturated rings. The van der Waals surface area contributed by atoms with Crippen LogP contribution in [0.4, 0.5) is 4.79 Å². The van der Waals surface area contributed by atoms with Gasteiger partial charge in [-0.3, -0.25) is 9.59 Å². The maximum atomic E-state index is 13.0. The topological polar surface area (TPSA) is 132 Å². The van der Waals surface area contributed by atoms with E-state index in [4.69, 9.17) is 4.74 Å². The van der Waals surface area contributed by atoms with Gasteiger partial charge in [-0.05, 0) is 57.4 Å². The number of carbonyl (C=O) groups excluding carboxylic acids is 3. The van der Waals surface area contributed by atoms with Crippen molar-refractivity contribution in [3.63, 3.8) is 0 Å². The van der Waals surface area contributed by atoms with E-state index in [0.717, 1.165) is 17.7 Å². The van der Waals surface area contributed by atoms with Gasteiger partial charge >= 0.3 is 6.09 Å². The summed E-state index contributed by atoms with van der Waals surface area (Å²) >= 11 is 0. The number of carbonyl (C=O) groups is 3. The molecular formula is C22H32N4O5. The van der Waals surface area contributed by atoms with Crippen LogP contribution >= 0.6 is 0 Å². The lowest BCUT2D eigenvalue weighted by molar-refractivity contribution is -0.139. The molecule has 3 N–H and O–H groups in total. The first-order valence-corrected chi connectivity index (χ1v) is 10.2. The molecule has 0 aliphatic carbocycles. The van der Waals surface area contributed by atoms with E-state index in [1.54, 1.807) is 33.8 Å². The van der Waals surface area contributed by atoms with Gasteiger partial charge in [-0.15, -0.1) is 0 Å². The van der Waals surface area contributed by atoms with Crippen LogP contribution in [0.15, 0.2) is 18.2 Å². The molecule has 0 aliphatic heterocycles. The highest BCUT2D eigenvalue weighted by atomic mass is 16.6. The molecular weight excluding hydrogens is 400 g/mol. The molecule has 0 saturated carbocycles. The fraction of sp³-hybridized carbons (Fsp3) is 0.545. The number of ether oxygens (including phenoxy) is 1. The number of nitrogens with zero attached hydrogens (tertiary/aromatic N) is 2. The van der Waals surface area contributed by atoms with Gasteiger partial charge in [0, 0.05) is 6.54 Å². The van der Waals surface area contributed by atoms with Gasteiger partial charge in [0.25, 0.3) is 0 Å². The van der Waals surface area contributed by atoms with Crippen LogP contribution < -0.4 is 10.6 Å². The minimum Gasteiger partial charge on any atom is -0.508 e. The molecule has 0 radical (unpaired) electrons. The lowest BCUT2D eigenvalue weighted by atomic mass is 10.0. The van der Waals surface area contributed by atoms with E-state index < -0.39 is 36.1 Å². The minimum atomic E-state index is -1.09. The maximum Gasteiger partial charge on any atom is 0.408 e. The van der Waals surface area contributed by atoms with E-state index in [0.29, 0.717) is 17.7 Å². The number of nitrogens with one attached hydrogen (secondary N) is 2. The number of unbranched alkanes of at least 4 members (excludes halogenated alkanes) is 1. The van der Waals surface area contributed by atoms with Gasteiger partial charge < -0.3 is 25.4 Å². The first-order valence-electron chi connectivity index (χ1n) is 10.2. The lowest BCUT2D eigenvalue weighted by Crippen LogP contribution is -2.48. The molecule has 1 rings (SSSR count). The number of aromatic hydroxyl groups is 1. The van der Waals surface area contributed by atoms with Crippen molar-refractivity contribution in [2.45, 2.75) is 59.1 Å². The Hall–Kier alpha value is -3.28. The Kier molecular flexibility index (Phi) is 9.80. The molecule has 0 spiro atoms. The van der Waals surface area contributed by atoms with Crippen LogP contribution in [0, 0.1) is 18.3 Å². The SMILES string of the molecule is CCCCNC(=O)C(c1ccc(O)c(C)c1)N(CC#N)C(=O)CNC(=O)OC(C)(C)C. The molecule has 1 aromatic carbocycles. The second kappa shape index (κ2) is 11.8. The van der Waals surface area contributed by atoms with E-state index in [1.165, 1.54) is 12.1 Å². The zero-order valence-corrected chi connectivity index (χ0v) is 18.8. The second-order valence-corrected chi connectivity index (χ2v) is 8.13. The highest BCUT2D eigenvalue weighted by molar-refractivity contribution is 5.90. The van der Waals surface area contributed by atoms with Gasteiger partial charge in [-0.25, -0.2) is 4.79 Å². The van der Waals surface area contributed by atoms with Crippen LogP contribution in [0.25, 0.3) is 0 Å². The third-order valence-electron chi connectivity index (χ3n) is 4.27. The molecule has 1 unspecified atom stereocenters. The average molecular weight is 433 g/mol. The van der Waals surface area contributed by atoms with Crippen LogP contribution in [0.5, 0.6) is 5.75 Å². The van der Waals surface area contributed by atoms with E-state index in [-0.39, 0.29) is 12.3 Å². The summed E-state index contributed by atoms with van der Waals surface area (Å²) in [6.07, 6.45) is 0.866. The molecule has 9 nitrogen and oxygen atoms in total. The molecule has 0 aliphatic rings. The van der Waals surface area contributed by atoms with Gasteiger partial charge in [0.15, 0.2) is 0 Å². The Morgan fingerprint density at radius 1 is 1.26 bits per heavy atom. The highest BCUT2D eigenvalue weighted by Crippen LogP contribution is 2.26. The summed E-state index contributed by atoms with van der Waals surface area (Å²) in [5, 5.41) is 24.3. The summed E-state index contributed by atoms with van der Waals surface area (Å²) in [5.41, 5.74) is 0.246. The summed E-state index contributed by atoms with van der Waals surface area (Å²) in [5.74, 6) is -1.01. The van der Waals surface area contributed by atoms with Crippen molar-refractivity contribution in [1.29, 1.82) is 5.26 Å². The zero-order chi connectivity index (χ0) is 23.6. The van der Waals surface area contributed by atoms with Crippen molar-refractivity contribution in [3.8, 4) is 11.8 Å². The van der Waals surface area contributed by atoms with Gasteiger partial charge in [0.05, 0.1) is 6.07 Å². The second-order valence-electron chi connectivity index (χ2n) is 8.13. The predicted molar refractivity (Wildman–Crippen MR) is 115 cm³/mol. The smallest absolute Gasteiger partial charge is 0.408 e. The van der Waals surface area contributed by atoms with Crippen LogP contribution in [-0.4, -0.2) is 53.1 Å². The lowest BCUT2D eigenvalue weighted by Gasteiger charge is -2.30. The Morgan fingerprint density at radius 3 is 2.48 bits per heavy atom. The van der Waals surface area contributed by atoms with Gasteiger partial charge in [0.2, 0.25) is 11.8 Å². The van der Waals surface area contributed by atoms with Crippen LogP contribution in [-0.2, 0) is 14.3 Å². The molecule has 170 valence electrons. The molecule has 9 heteroatoms. The first kappa shape index (κ1) is 25.8. The minimum absolute atomic E-state index is 0.0543. The summed E-state index contributed by atoms with van der Waals surface area (Å²) < 4.78 is 5.12. The molecule has 1 atom stereocenters. The number of phenols is 1. The number of hydrogen-bond acceptors (Lipinski definition) is 6.